The van der Waals surface area contributed by atoms with Gasteiger partial charge in [-0.3, -0.25) is 4.79 Å². The summed E-state index contributed by atoms with van der Waals surface area (Å²) in [7, 11) is 0. The zero-order valence-electron chi connectivity index (χ0n) is 10.9. The quantitative estimate of drug-likeness (QED) is 0.587. The molecule has 1 aliphatic heterocycles. The molecule has 1 heterocycles. The topological polar surface area (TPSA) is 70.6 Å². The van der Waals surface area contributed by atoms with Crippen LogP contribution in [-0.4, -0.2) is 49.5 Å². The Kier molecular flexibility index (Phi) is 5.41. The molecule has 0 aromatic heterocycles. The number of aliphatic hydroxyl groups excluding tert-OH is 1. The number of hydrogen-bond acceptors (Lipinski definition) is 4. The standard InChI is InChI=1S/C13H24N2O3/c16-6-8-18-7-5-14-13(17)12-9-10-3-1-2-4-11(10)15-12/h10-12,15-16H,1-9H2,(H,14,17). The molecule has 104 valence electrons. The van der Waals surface area contributed by atoms with Crippen LogP contribution in [0.3, 0.4) is 0 Å². The fourth-order valence-electron chi connectivity index (χ4n) is 3.06. The first kappa shape index (κ1) is 13.8. The van der Waals surface area contributed by atoms with Crippen LogP contribution in [-0.2, 0) is 9.53 Å². The third-order valence-corrected chi connectivity index (χ3v) is 3.96. The number of aliphatic hydroxyl groups is 1. The van der Waals surface area contributed by atoms with Gasteiger partial charge in [0, 0.05) is 12.6 Å². The molecule has 18 heavy (non-hydrogen) atoms. The molecule has 1 aliphatic carbocycles. The Bertz CT molecular complexity index is 259. The van der Waals surface area contributed by atoms with Gasteiger partial charge in [0.05, 0.1) is 25.9 Å². The average Bonchev–Trinajstić information content (AvgIpc) is 2.82. The Morgan fingerprint density at radius 2 is 2.17 bits per heavy atom. The smallest absolute Gasteiger partial charge is 0.237 e. The Hall–Kier alpha value is -0.650. The summed E-state index contributed by atoms with van der Waals surface area (Å²) in [5.41, 5.74) is 0. The van der Waals surface area contributed by atoms with E-state index in [1.807, 2.05) is 0 Å². The van der Waals surface area contributed by atoms with Crippen molar-refractivity contribution in [1.82, 2.24) is 10.6 Å². The molecule has 0 radical (unpaired) electrons. The Morgan fingerprint density at radius 1 is 1.33 bits per heavy atom. The summed E-state index contributed by atoms with van der Waals surface area (Å²) < 4.78 is 5.11. The van der Waals surface area contributed by atoms with Crippen molar-refractivity contribution < 1.29 is 14.6 Å². The monoisotopic (exact) mass is 256 g/mol. The average molecular weight is 256 g/mol. The lowest BCUT2D eigenvalue weighted by molar-refractivity contribution is -0.123. The molecule has 1 amide bonds. The van der Waals surface area contributed by atoms with Crippen molar-refractivity contribution in [3.63, 3.8) is 0 Å². The van der Waals surface area contributed by atoms with Crippen molar-refractivity contribution in [3.8, 4) is 0 Å². The Morgan fingerprint density at radius 3 is 2.94 bits per heavy atom. The number of hydrogen-bond donors (Lipinski definition) is 3. The highest BCUT2D eigenvalue weighted by Crippen LogP contribution is 2.33. The third-order valence-electron chi connectivity index (χ3n) is 3.96. The van der Waals surface area contributed by atoms with Gasteiger partial charge in [-0.05, 0) is 25.2 Å². The van der Waals surface area contributed by atoms with Gasteiger partial charge in [0.25, 0.3) is 0 Å². The first-order valence-electron chi connectivity index (χ1n) is 7.03. The molecule has 3 unspecified atom stereocenters. The summed E-state index contributed by atoms with van der Waals surface area (Å²) in [6.45, 7) is 1.35. The molecule has 0 bridgehead atoms. The van der Waals surface area contributed by atoms with E-state index in [0.717, 1.165) is 6.42 Å². The summed E-state index contributed by atoms with van der Waals surface area (Å²) in [5, 5.41) is 14.9. The summed E-state index contributed by atoms with van der Waals surface area (Å²) >= 11 is 0. The van der Waals surface area contributed by atoms with E-state index < -0.39 is 0 Å². The largest absolute Gasteiger partial charge is 0.394 e. The van der Waals surface area contributed by atoms with Crippen LogP contribution < -0.4 is 10.6 Å². The molecular formula is C13H24N2O3. The molecule has 5 heteroatoms. The number of carbonyl (C=O) groups excluding carboxylic acids is 1. The maximum Gasteiger partial charge on any atom is 0.237 e. The van der Waals surface area contributed by atoms with Gasteiger partial charge in [-0.1, -0.05) is 12.8 Å². The highest BCUT2D eigenvalue weighted by Gasteiger charge is 2.37. The number of ether oxygens (including phenoxy) is 1. The van der Waals surface area contributed by atoms with Crippen molar-refractivity contribution in [2.45, 2.75) is 44.2 Å². The minimum Gasteiger partial charge on any atom is -0.394 e. The summed E-state index contributed by atoms with van der Waals surface area (Å²) in [5.74, 6) is 0.789. The van der Waals surface area contributed by atoms with Crippen LogP contribution >= 0.6 is 0 Å². The van der Waals surface area contributed by atoms with E-state index in [9.17, 15) is 4.79 Å². The molecule has 0 aromatic carbocycles. The van der Waals surface area contributed by atoms with E-state index in [1.165, 1.54) is 25.7 Å². The van der Waals surface area contributed by atoms with E-state index in [1.54, 1.807) is 0 Å². The van der Waals surface area contributed by atoms with Crippen LogP contribution in [0.4, 0.5) is 0 Å². The number of fused-ring (bicyclic) bond motifs is 1. The Balaban J connectivity index is 1.64. The summed E-state index contributed by atoms with van der Waals surface area (Å²) in [6, 6.07) is 0.538. The molecular weight excluding hydrogens is 232 g/mol. The van der Waals surface area contributed by atoms with E-state index in [0.29, 0.717) is 31.7 Å². The molecule has 3 N–H and O–H groups in total. The lowest BCUT2D eigenvalue weighted by atomic mass is 9.85. The molecule has 1 saturated carbocycles. The van der Waals surface area contributed by atoms with Crippen LogP contribution in [0.2, 0.25) is 0 Å². The summed E-state index contributed by atoms with van der Waals surface area (Å²) in [6.07, 6.45) is 6.06. The molecule has 0 spiro atoms. The van der Waals surface area contributed by atoms with Crippen molar-refractivity contribution in [2.24, 2.45) is 5.92 Å². The van der Waals surface area contributed by atoms with Gasteiger partial charge in [0.2, 0.25) is 5.91 Å². The van der Waals surface area contributed by atoms with Gasteiger partial charge in [0.15, 0.2) is 0 Å². The van der Waals surface area contributed by atoms with Crippen molar-refractivity contribution in [2.75, 3.05) is 26.4 Å². The second-order valence-corrected chi connectivity index (χ2v) is 5.23. The third kappa shape index (κ3) is 3.67. The molecule has 2 fully saturated rings. The summed E-state index contributed by atoms with van der Waals surface area (Å²) in [4.78, 5) is 11.9. The molecule has 1 saturated heterocycles. The van der Waals surface area contributed by atoms with E-state index in [4.69, 9.17) is 9.84 Å². The molecule has 2 aliphatic rings. The van der Waals surface area contributed by atoms with Crippen molar-refractivity contribution in [3.05, 3.63) is 0 Å². The van der Waals surface area contributed by atoms with E-state index in [2.05, 4.69) is 10.6 Å². The van der Waals surface area contributed by atoms with Crippen molar-refractivity contribution >= 4 is 5.91 Å². The zero-order valence-corrected chi connectivity index (χ0v) is 10.9. The van der Waals surface area contributed by atoms with Gasteiger partial charge in [-0.2, -0.15) is 0 Å². The van der Waals surface area contributed by atoms with Crippen LogP contribution in [0.15, 0.2) is 0 Å². The zero-order chi connectivity index (χ0) is 12.8. The van der Waals surface area contributed by atoms with Gasteiger partial charge in [-0.25, -0.2) is 0 Å². The van der Waals surface area contributed by atoms with Gasteiger partial charge in [-0.15, -0.1) is 0 Å². The van der Waals surface area contributed by atoms with Gasteiger partial charge in [0.1, 0.15) is 0 Å². The highest BCUT2D eigenvalue weighted by atomic mass is 16.5. The van der Waals surface area contributed by atoms with Crippen molar-refractivity contribution in [1.29, 1.82) is 0 Å². The molecule has 2 rings (SSSR count). The van der Waals surface area contributed by atoms with Crippen LogP contribution in [0.5, 0.6) is 0 Å². The van der Waals surface area contributed by atoms with Crippen LogP contribution in [0.1, 0.15) is 32.1 Å². The first-order valence-corrected chi connectivity index (χ1v) is 7.03. The molecule has 0 aromatic rings. The fraction of sp³-hybridized carbons (Fsp3) is 0.923. The lowest BCUT2D eigenvalue weighted by Gasteiger charge is -2.24. The van der Waals surface area contributed by atoms with Crippen LogP contribution in [0, 0.1) is 5.92 Å². The predicted octanol–water partition coefficient (Wildman–Crippen LogP) is 0.0322. The minimum absolute atomic E-state index is 0.0176. The second-order valence-electron chi connectivity index (χ2n) is 5.23. The number of nitrogens with one attached hydrogen (secondary N) is 2. The first-order chi connectivity index (χ1) is 8.81. The van der Waals surface area contributed by atoms with E-state index >= 15 is 0 Å². The maximum absolute atomic E-state index is 11.9. The fourth-order valence-corrected chi connectivity index (χ4v) is 3.06. The second kappa shape index (κ2) is 7.07. The van der Waals surface area contributed by atoms with E-state index in [-0.39, 0.29) is 18.6 Å². The Labute approximate surface area is 108 Å². The number of carbonyl (C=O) groups is 1. The SMILES string of the molecule is O=C(NCCOCCO)C1CC2CCCCC2N1. The normalized spacial score (nSPS) is 31.1. The minimum atomic E-state index is -0.0176. The lowest BCUT2D eigenvalue weighted by Crippen LogP contribution is -2.44. The molecule has 3 atom stereocenters. The predicted molar refractivity (Wildman–Crippen MR) is 68.2 cm³/mol. The van der Waals surface area contributed by atoms with Gasteiger partial charge < -0.3 is 20.5 Å². The highest BCUT2D eigenvalue weighted by molar-refractivity contribution is 5.82. The number of rotatable bonds is 6. The maximum atomic E-state index is 11.9. The number of amides is 1. The molecule has 5 nitrogen and oxygen atoms in total. The van der Waals surface area contributed by atoms with Crippen LogP contribution in [0.25, 0.3) is 0 Å². The van der Waals surface area contributed by atoms with Gasteiger partial charge >= 0.3 is 0 Å².